The van der Waals surface area contributed by atoms with Crippen molar-refractivity contribution in [3.8, 4) is 0 Å². The van der Waals surface area contributed by atoms with Crippen molar-refractivity contribution < 1.29 is 9.53 Å². The van der Waals surface area contributed by atoms with Crippen LogP contribution in [0.2, 0.25) is 0 Å². The summed E-state index contributed by atoms with van der Waals surface area (Å²) in [5.41, 5.74) is 0. The highest BCUT2D eigenvalue weighted by atomic mass is 16.5. The van der Waals surface area contributed by atoms with Crippen molar-refractivity contribution in [1.82, 2.24) is 10.2 Å². The Balaban J connectivity index is 1.36. The molecule has 4 nitrogen and oxygen atoms in total. The van der Waals surface area contributed by atoms with Crippen molar-refractivity contribution in [3.63, 3.8) is 0 Å². The van der Waals surface area contributed by atoms with Crippen molar-refractivity contribution in [1.29, 1.82) is 0 Å². The van der Waals surface area contributed by atoms with Gasteiger partial charge < -0.3 is 10.1 Å². The number of fused-ring (bicyclic) bond motifs is 2. The van der Waals surface area contributed by atoms with Crippen LogP contribution in [0.4, 0.5) is 0 Å². The molecule has 0 aromatic carbocycles. The van der Waals surface area contributed by atoms with E-state index >= 15 is 0 Å². The Labute approximate surface area is 109 Å². The predicted molar refractivity (Wildman–Crippen MR) is 69.2 cm³/mol. The molecule has 18 heavy (non-hydrogen) atoms. The van der Waals surface area contributed by atoms with Crippen LogP contribution in [0.25, 0.3) is 0 Å². The van der Waals surface area contributed by atoms with Gasteiger partial charge in [-0.1, -0.05) is 6.42 Å². The summed E-state index contributed by atoms with van der Waals surface area (Å²) in [5, 5.41) is 3.14. The number of hydrogen-bond donors (Lipinski definition) is 1. The summed E-state index contributed by atoms with van der Waals surface area (Å²) in [4.78, 5) is 14.5. The maximum absolute atomic E-state index is 12.1. The number of hydrogen-bond acceptors (Lipinski definition) is 3. The predicted octanol–water partition coefficient (Wildman–Crippen LogP) is 0.871. The van der Waals surface area contributed by atoms with Crippen LogP contribution in [-0.4, -0.2) is 50.2 Å². The summed E-state index contributed by atoms with van der Waals surface area (Å²) in [7, 11) is 0. The van der Waals surface area contributed by atoms with Crippen molar-refractivity contribution in [3.05, 3.63) is 0 Å². The fraction of sp³-hybridized carbons (Fsp3) is 0.929. The fourth-order valence-electron chi connectivity index (χ4n) is 3.86. The maximum atomic E-state index is 12.1. The molecule has 1 saturated heterocycles. The second-order valence-electron chi connectivity index (χ2n) is 6.03. The molecule has 2 aliphatic carbocycles. The average Bonchev–Trinajstić information content (AvgIpc) is 3.02. The first-order valence-corrected chi connectivity index (χ1v) is 7.41. The number of amides is 1. The molecule has 2 bridgehead atoms. The van der Waals surface area contributed by atoms with Gasteiger partial charge >= 0.3 is 0 Å². The van der Waals surface area contributed by atoms with Gasteiger partial charge in [-0.15, -0.1) is 0 Å². The number of rotatable bonds is 4. The minimum absolute atomic E-state index is 0.315. The molecule has 0 spiro atoms. The van der Waals surface area contributed by atoms with E-state index in [2.05, 4.69) is 10.2 Å². The molecule has 102 valence electrons. The Morgan fingerprint density at radius 3 is 2.72 bits per heavy atom. The van der Waals surface area contributed by atoms with Gasteiger partial charge in [0.1, 0.15) is 0 Å². The molecular formula is C14H24N2O2. The molecule has 3 aliphatic rings. The Kier molecular flexibility index (Phi) is 3.85. The van der Waals surface area contributed by atoms with Gasteiger partial charge in [0.05, 0.1) is 13.2 Å². The SMILES string of the molecule is O=C(NCCN1CCOCC1)[C@@H]1C[C@@H]2CC[C@@H]1C2. The summed E-state index contributed by atoms with van der Waals surface area (Å²) in [6.45, 7) is 5.44. The lowest BCUT2D eigenvalue weighted by atomic mass is 9.88. The van der Waals surface area contributed by atoms with E-state index < -0.39 is 0 Å². The topological polar surface area (TPSA) is 41.6 Å². The molecule has 2 saturated carbocycles. The van der Waals surface area contributed by atoms with Crippen LogP contribution in [0, 0.1) is 17.8 Å². The van der Waals surface area contributed by atoms with Crippen LogP contribution >= 0.6 is 0 Å². The minimum atomic E-state index is 0.315. The lowest BCUT2D eigenvalue weighted by Gasteiger charge is -2.27. The first kappa shape index (κ1) is 12.4. The first-order chi connectivity index (χ1) is 8.83. The average molecular weight is 252 g/mol. The van der Waals surface area contributed by atoms with Crippen molar-refractivity contribution in [2.45, 2.75) is 25.7 Å². The van der Waals surface area contributed by atoms with Crippen molar-refractivity contribution in [2.24, 2.45) is 17.8 Å². The summed E-state index contributed by atoms with van der Waals surface area (Å²) in [6.07, 6.45) is 5.10. The summed E-state index contributed by atoms with van der Waals surface area (Å²) in [6, 6.07) is 0. The molecule has 1 N–H and O–H groups in total. The third kappa shape index (κ3) is 2.69. The Hall–Kier alpha value is -0.610. The van der Waals surface area contributed by atoms with Crippen LogP contribution in [0.15, 0.2) is 0 Å². The van der Waals surface area contributed by atoms with E-state index in [-0.39, 0.29) is 0 Å². The standard InChI is InChI=1S/C14H24N2O2/c17-14(13-10-11-1-2-12(13)9-11)15-3-4-16-5-7-18-8-6-16/h11-13H,1-10H2,(H,15,17)/t11-,12-,13-/m1/s1. The number of ether oxygens (including phenoxy) is 1. The summed E-state index contributed by atoms with van der Waals surface area (Å²) < 4.78 is 5.31. The van der Waals surface area contributed by atoms with Gasteiger partial charge in [-0.25, -0.2) is 0 Å². The highest BCUT2D eigenvalue weighted by Crippen LogP contribution is 2.48. The molecule has 0 aromatic rings. The lowest BCUT2D eigenvalue weighted by molar-refractivity contribution is -0.126. The molecule has 0 unspecified atom stereocenters. The molecule has 4 heteroatoms. The van der Waals surface area contributed by atoms with Crippen LogP contribution < -0.4 is 5.32 Å². The van der Waals surface area contributed by atoms with E-state index in [1.165, 1.54) is 19.3 Å². The molecule has 1 heterocycles. The molecule has 1 aliphatic heterocycles. The highest BCUT2D eigenvalue weighted by molar-refractivity contribution is 5.79. The highest BCUT2D eigenvalue weighted by Gasteiger charge is 2.42. The van der Waals surface area contributed by atoms with E-state index in [0.717, 1.165) is 51.7 Å². The first-order valence-electron chi connectivity index (χ1n) is 7.41. The largest absolute Gasteiger partial charge is 0.379 e. The normalized spacial score (nSPS) is 35.9. The molecule has 1 amide bonds. The smallest absolute Gasteiger partial charge is 0.223 e. The third-order valence-corrected chi connectivity index (χ3v) is 4.91. The van der Waals surface area contributed by atoms with Gasteiger partial charge in [0.25, 0.3) is 0 Å². The lowest BCUT2D eigenvalue weighted by Crippen LogP contribution is -2.43. The van der Waals surface area contributed by atoms with E-state index in [0.29, 0.717) is 17.7 Å². The van der Waals surface area contributed by atoms with Gasteiger partial charge in [0, 0.05) is 32.1 Å². The maximum Gasteiger partial charge on any atom is 0.223 e. The number of nitrogens with zero attached hydrogens (tertiary/aromatic N) is 1. The Bertz CT molecular complexity index is 302. The zero-order valence-corrected chi connectivity index (χ0v) is 11.1. The van der Waals surface area contributed by atoms with E-state index in [9.17, 15) is 4.79 Å². The van der Waals surface area contributed by atoms with Crippen LogP contribution in [0.5, 0.6) is 0 Å². The molecule has 3 rings (SSSR count). The van der Waals surface area contributed by atoms with E-state index in [1.807, 2.05) is 0 Å². The van der Waals surface area contributed by atoms with Crippen molar-refractivity contribution >= 4 is 5.91 Å². The van der Waals surface area contributed by atoms with Gasteiger partial charge in [-0.3, -0.25) is 9.69 Å². The number of nitrogens with one attached hydrogen (secondary N) is 1. The number of morpholine rings is 1. The van der Waals surface area contributed by atoms with E-state index in [1.54, 1.807) is 0 Å². The molecule has 3 fully saturated rings. The monoisotopic (exact) mass is 252 g/mol. The second kappa shape index (κ2) is 5.57. The molecule has 0 radical (unpaired) electrons. The fourth-order valence-corrected chi connectivity index (χ4v) is 3.86. The summed E-state index contributed by atoms with van der Waals surface area (Å²) >= 11 is 0. The zero-order chi connectivity index (χ0) is 12.4. The minimum Gasteiger partial charge on any atom is -0.379 e. The second-order valence-corrected chi connectivity index (χ2v) is 6.03. The van der Waals surface area contributed by atoms with Crippen LogP contribution in [0.3, 0.4) is 0 Å². The zero-order valence-electron chi connectivity index (χ0n) is 11.1. The van der Waals surface area contributed by atoms with Crippen LogP contribution in [0.1, 0.15) is 25.7 Å². The van der Waals surface area contributed by atoms with Crippen molar-refractivity contribution in [2.75, 3.05) is 39.4 Å². The number of carbonyl (C=O) groups is 1. The molecular weight excluding hydrogens is 228 g/mol. The van der Waals surface area contributed by atoms with Crippen LogP contribution in [-0.2, 0) is 9.53 Å². The Morgan fingerprint density at radius 1 is 1.22 bits per heavy atom. The third-order valence-electron chi connectivity index (χ3n) is 4.91. The van der Waals surface area contributed by atoms with Gasteiger partial charge in [0.15, 0.2) is 0 Å². The van der Waals surface area contributed by atoms with Gasteiger partial charge in [0.2, 0.25) is 5.91 Å². The van der Waals surface area contributed by atoms with Gasteiger partial charge in [-0.2, -0.15) is 0 Å². The number of carbonyl (C=O) groups excluding carboxylic acids is 1. The molecule has 3 atom stereocenters. The Morgan fingerprint density at radius 2 is 2.06 bits per heavy atom. The molecule has 0 aromatic heterocycles. The van der Waals surface area contributed by atoms with Gasteiger partial charge in [-0.05, 0) is 31.1 Å². The summed E-state index contributed by atoms with van der Waals surface area (Å²) in [5.74, 6) is 2.19. The quantitative estimate of drug-likeness (QED) is 0.807. The van der Waals surface area contributed by atoms with E-state index in [4.69, 9.17) is 4.74 Å².